The number of aromatic nitrogens is 3. The molecule has 0 aliphatic rings. The lowest BCUT2D eigenvalue weighted by Gasteiger charge is -2.03. The lowest BCUT2D eigenvalue weighted by atomic mass is 10.1. The Bertz CT molecular complexity index is 1090. The first-order chi connectivity index (χ1) is 13.2. The summed E-state index contributed by atoms with van der Waals surface area (Å²) in [5.74, 6) is -0.195. The first-order valence-corrected chi connectivity index (χ1v) is 9.00. The molecule has 0 bridgehead atoms. The Morgan fingerprint density at radius 3 is 2.78 bits per heavy atom. The van der Waals surface area contributed by atoms with E-state index in [0.29, 0.717) is 23.7 Å². The fraction of sp³-hybridized carbons (Fsp3) is 0.0952. The van der Waals surface area contributed by atoms with E-state index in [2.05, 4.69) is 15.3 Å². The van der Waals surface area contributed by atoms with Crippen LogP contribution in [0.15, 0.2) is 73.2 Å². The second-order valence-electron chi connectivity index (χ2n) is 6.15. The Kier molecular flexibility index (Phi) is 4.85. The van der Waals surface area contributed by atoms with Gasteiger partial charge in [0.05, 0.1) is 0 Å². The van der Waals surface area contributed by atoms with Crippen LogP contribution in [0, 0.1) is 0 Å². The molecule has 0 fully saturated rings. The molecule has 0 atom stereocenters. The molecular formula is C21H17ClN4O. The maximum atomic E-state index is 12.4. The lowest BCUT2D eigenvalue weighted by Crippen LogP contribution is -2.26. The molecule has 4 aromatic rings. The zero-order chi connectivity index (χ0) is 18.6. The highest BCUT2D eigenvalue weighted by atomic mass is 35.5. The third-order valence-electron chi connectivity index (χ3n) is 4.23. The largest absolute Gasteiger partial charge is 0.350 e. The fourth-order valence-corrected chi connectivity index (χ4v) is 3.07. The highest BCUT2D eigenvalue weighted by molar-refractivity contribution is 6.30. The number of nitrogens with zero attached hydrogens (tertiary/aromatic N) is 3. The van der Waals surface area contributed by atoms with Crippen LogP contribution in [0.1, 0.15) is 16.2 Å². The second kappa shape index (κ2) is 7.60. The van der Waals surface area contributed by atoms with Crippen molar-refractivity contribution in [1.29, 1.82) is 0 Å². The first-order valence-electron chi connectivity index (χ1n) is 8.62. The summed E-state index contributed by atoms with van der Waals surface area (Å²) in [5, 5.41) is 3.58. The summed E-state index contributed by atoms with van der Waals surface area (Å²) in [6.45, 7) is 0.511. The molecule has 0 aliphatic heterocycles. The molecule has 0 unspecified atom stereocenters. The Hall–Kier alpha value is -3.18. The van der Waals surface area contributed by atoms with E-state index in [9.17, 15) is 4.79 Å². The zero-order valence-corrected chi connectivity index (χ0v) is 15.2. The molecule has 6 heteroatoms. The van der Waals surface area contributed by atoms with Gasteiger partial charge in [-0.3, -0.25) is 9.78 Å². The number of carbonyl (C=O) groups is 1. The number of amides is 1. The summed E-state index contributed by atoms with van der Waals surface area (Å²) >= 11 is 6.07. The minimum Gasteiger partial charge on any atom is -0.350 e. The van der Waals surface area contributed by atoms with Crippen molar-refractivity contribution in [2.24, 2.45) is 0 Å². The van der Waals surface area contributed by atoms with Crippen molar-refractivity contribution >= 4 is 23.2 Å². The molecule has 0 saturated carbocycles. The number of hydrogen-bond acceptors (Lipinski definition) is 3. The van der Waals surface area contributed by atoms with Crippen molar-refractivity contribution < 1.29 is 4.79 Å². The average molecular weight is 377 g/mol. The van der Waals surface area contributed by atoms with Gasteiger partial charge in [-0.1, -0.05) is 29.8 Å². The highest BCUT2D eigenvalue weighted by Gasteiger charge is 2.11. The van der Waals surface area contributed by atoms with Gasteiger partial charge in [0.25, 0.3) is 5.91 Å². The number of hydrogen-bond donors (Lipinski definition) is 1. The van der Waals surface area contributed by atoms with Crippen molar-refractivity contribution in [3.8, 4) is 11.1 Å². The Balaban J connectivity index is 1.48. The van der Waals surface area contributed by atoms with E-state index in [0.717, 1.165) is 22.5 Å². The van der Waals surface area contributed by atoms with E-state index < -0.39 is 0 Å². The van der Waals surface area contributed by atoms with Crippen LogP contribution in [0.25, 0.3) is 16.8 Å². The molecule has 1 amide bonds. The lowest BCUT2D eigenvalue weighted by molar-refractivity contribution is 0.0949. The van der Waals surface area contributed by atoms with Crippen LogP contribution in [-0.4, -0.2) is 26.8 Å². The number of pyridine rings is 2. The summed E-state index contributed by atoms with van der Waals surface area (Å²) in [6, 6.07) is 17.3. The molecule has 0 saturated heterocycles. The van der Waals surface area contributed by atoms with Crippen molar-refractivity contribution in [1.82, 2.24) is 19.7 Å². The molecule has 0 spiro atoms. The number of carbonyl (C=O) groups excluding carboxylic acids is 1. The maximum Gasteiger partial charge on any atom is 0.271 e. The van der Waals surface area contributed by atoms with Gasteiger partial charge in [-0.25, -0.2) is 4.98 Å². The Morgan fingerprint density at radius 1 is 1.04 bits per heavy atom. The molecular weight excluding hydrogens is 360 g/mol. The zero-order valence-electron chi connectivity index (χ0n) is 14.5. The van der Waals surface area contributed by atoms with E-state index in [4.69, 9.17) is 11.6 Å². The van der Waals surface area contributed by atoms with Crippen LogP contribution < -0.4 is 5.32 Å². The van der Waals surface area contributed by atoms with Gasteiger partial charge >= 0.3 is 0 Å². The summed E-state index contributed by atoms with van der Waals surface area (Å²) in [5.41, 5.74) is 4.07. The molecule has 4 rings (SSSR count). The molecule has 1 N–H and O–H groups in total. The van der Waals surface area contributed by atoms with Crippen molar-refractivity contribution in [2.75, 3.05) is 6.54 Å². The summed E-state index contributed by atoms with van der Waals surface area (Å²) in [6.07, 6.45) is 6.10. The van der Waals surface area contributed by atoms with Crippen molar-refractivity contribution in [2.45, 2.75) is 6.42 Å². The fourth-order valence-electron chi connectivity index (χ4n) is 2.88. The van der Waals surface area contributed by atoms with E-state index in [1.165, 1.54) is 0 Å². The highest BCUT2D eigenvalue weighted by Crippen LogP contribution is 2.23. The predicted molar refractivity (Wildman–Crippen MR) is 106 cm³/mol. The van der Waals surface area contributed by atoms with Gasteiger partial charge in [-0.05, 0) is 47.5 Å². The number of imidazole rings is 1. The summed E-state index contributed by atoms with van der Waals surface area (Å²) in [4.78, 5) is 21.0. The standard InChI is InChI=1S/C21H17ClN4O/c22-17-5-3-4-15(12-17)16-7-8-20-25-19(14-26(20)13-16)21(27)24-11-9-18-6-1-2-10-23-18/h1-8,10,12-14H,9,11H2,(H,24,27). The number of fused-ring (bicyclic) bond motifs is 1. The maximum absolute atomic E-state index is 12.4. The monoisotopic (exact) mass is 376 g/mol. The van der Waals surface area contributed by atoms with Gasteiger partial charge in [-0.15, -0.1) is 0 Å². The first kappa shape index (κ1) is 17.2. The van der Waals surface area contributed by atoms with Gasteiger partial charge in [0, 0.05) is 42.3 Å². The molecule has 1 aromatic carbocycles. The third-order valence-corrected chi connectivity index (χ3v) is 4.47. The number of benzene rings is 1. The van der Waals surface area contributed by atoms with Crippen LogP contribution in [0.3, 0.4) is 0 Å². The second-order valence-corrected chi connectivity index (χ2v) is 6.58. The van der Waals surface area contributed by atoms with Crippen LogP contribution in [0.2, 0.25) is 5.02 Å². The van der Waals surface area contributed by atoms with Gasteiger partial charge in [-0.2, -0.15) is 0 Å². The van der Waals surface area contributed by atoms with Gasteiger partial charge in [0.15, 0.2) is 0 Å². The molecule has 5 nitrogen and oxygen atoms in total. The average Bonchev–Trinajstić information content (AvgIpc) is 3.12. The normalized spacial score (nSPS) is 10.9. The van der Waals surface area contributed by atoms with Gasteiger partial charge < -0.3 is 9.72 Å². The predicted octanol–water partition coefficient (Wildman–Crippen LogP) is 4.02. The van der Waals surface area contributed by atoms with Gasteiger partial charge in [0.1, 0.15) is 11.3 Å². The molecule has 0 aliphatic carbocycles. The van der Waals surface area contributed by atoms with Crippen molar-refractivity contribution in [3.05, 3.63) is 89.6 Å². The van der Waals surface area contributed by atoms with E-state index in [-0.39, 0.29) is 5.91 Å². The van der Waals surface area contributed by atoms with E-state index >= 15 is 0 Å². The number of nitrogens with one attached hydrogen (secondary N) is 1. The SMILES string of the molecule is O=C(NCCc1ccccn1)c1cn2cc(-c3cccc(Cl)c3)ccc2n1. The van der Waals surface area contributed by atoms with Crippen LogP contribution in [-0.2, 0) is 6.42 Å². The summed E-state index contributed by atoms with van der Waals surface area (Å²) < 4.78 is 1.85. The topological polar surface area (TPSA) is 59.3 Å². The third kappa shape index (κ3) is 3.99. The molecule has 3 heterocycles. The molecule has 134 valence electrons. The summed E-state index contributed by atoms with van der Waals surface area (Å²) in [7, 11) is 0. The van der Waals surface area contributed by atoms with E-state index in [1.54, 1.807) is 12.4 Å². The minimum absolute atomic E-state index is 0.195. The Labute approximate surface area is 161 Å². The minimum atomic E-state index is -0.195. The Morgan fingerprint density at radius 2 is 1.96 bits per heavy atom. The van der Waals surface area contributed by atoms with Crippen LogP contribution in [0.5, 0.6) is 0 Å². The van der Waals surface area contributed by atoms with Gasteiger partial charge in [0.2, 0.25) is 0 Å². The number of rotatable bonds is 5. The molecule has 27 heavy (non-hydrogen) atoms. The smallest absolute Gasteiger partial charge is 0.271 e. The van der Waals surface area contributed by atoms with Crippen LogP contribution in [0.4, 0.5) is 0 Å². The van der Waals surface area contributed by atoms with Crippen molar-refractivity contribution in [3.63, 3.8) is 0 Å². The van der Waals surface area contributed by atoms with Crippen LogP contribution >= 0.6 is 11.6 Å². The quantitative estimate of drug-likeness (QED) is 0.572. The molecule has 3 aromatic heterocycles. The number of halogens is 1. The van der Waals surface area contributed by atoms with E-state index in [1.807, 2.05) is 65.2 Å². The molecule has 0 radical (unpaired) electrons.